The van der Waals surface area contributed by atoms with Gasteiger partial charge in [-0.05, 0) is 19.3 Å². The summed E-state index contributed by atoms with van der Waals surface area (Å²) >= 11 is 0. The Morgan fingerprint density at radius 2 is 2.40 bits per heavy atom. The fraction of sp³-hybridized carbons (Fsp3) is 0.818. The van der Waals surface area contributed by atoms with Gasteiger partial charge in [0.05, 0.1) is 0 Å². The highest BCUT2D eigenvalue weighted by molar-refractivity contribution is 4.85. The predicted octanol–water partition coefficient (Wildman–Crippen LogP) is 1.14. The van der Waals surface area contributed by atoms with E-state index < -0.39 is 0 Å². The molecule has 15 heavy (non-hydrogen) atoms. The molecular weight excluding hydrogens is 188 g/mol. The van der Waals surface area contributed by atoms with Crippen molar-refractivity contribution < 1.29 is 0 Å². The van der Waals surface area contributed by atoms with E-state index in [-0.39, 0.29) is 0 Å². The van der Waals surface area contributed by atoms with E-state index in [0.717, 1.165) is 24.7 Å². The van der Waals surface area contributed by atoms with Crippen molar-refractivity contribution >= 4 is 0 Å². The quantitative estimate of drug-likeness (QED) is 0.762. The Kier molecular flexibility index (Phi) is 3.36. The molecule has 0 aliphatic heterocycles. The summed E-state index contributed by atoms with van der Waals surface area (Å²) in [5.74, 6) is 2.06. The molecule has 1 aromatic heterocycles. The molecule has 2 rings (SSSR count). The van der Waals surface area contributed by atoms with Gasteiger partial charge < -0.3 is 9.88 Å². The minimum atomic E-state index is 0.644. The first-order valence-corrected chi connectivity index (χ1v) is 5.82. The third kappa shape index (κ3) is 3.30. The summed E-state index contributed by atoms with van der Waals surface area (Å²) in [7, 11) is 1.99. The Morgan fingerprint density at radius 1 is 1.60 bits per heavy atom. The molecule has 4 nitrogen and oxygen atoms in total. The lowest BCUT2D eigenvalue weighted by Crippen LogP contribution is -2.29. The molecule has 0 saturated heterocycles. The van der Waals surface area contributed by atoms with E-state index in [0.29, 0.717) is 6.04 Å². The predicted molar refractivity (Wildman–Crippen MR) is 59.5 cm³/mol. The van der Waals surface area contributed by atoms with Crippen LogP contribution in [0.25, 0.3) is 0 Å². The summed E-state index contributed by atoms with van der Waals surface area (Å²) in [6, 6.07) is 0.644. The lowest BCUT2D eigenvalue weighted by Gasteiger charge is -2.12. The molecule has 0 aromatic carbocycles. The number of hydrogen-bond donors (Lipinski definition) is 1. The molecule has 1 aliphatic rings. The zero-order valence-corrected chi connectivity index (χ0v) is 9.61. The molecule has 0 bridgehead atoms. The molecule has 4 heteroatoms. The van der Waals surface area contributed by atoms with Gasteiger partial charge in [0, 0.05) is 26.1 Å². The summed E-state index contributed by atoms with van der Waals surface area (Å²) in [6.45, 7) is 3.27. The maximum Gasteiger partial charge on any atom is 0.133 e. The van der Waals surface area contributed by atoms with Crippen LogP contribution in [0.3, 0.4) is 0 Å². The van der Waals surface area contributed by atoms with Crippen molar-refractivity contribution in [3.05, 3.63) is 12.2 Å². The minimum Gasteiger partial charge on any atom is -0.321 e. The number of aromatic nitrogens is 3. The number of rotatable bonds is 6. The largest absolute Gasteiger partial charge is 0.321 e. The molecule has 0 radical (unpaired) electrons. The highest BCUT2D eigenvalue weighted by atomic mass is 15.2. The van der Waals surface area contributed by atoms with Gasteiger partial charge in [0.2, 0.25) is 0 Å². The second kappa shape index (κ2) is 4.75. The fourth-order valence-electron chi connectivity index (χ4n) is 1.90. The van der Waals surface area contributed by atoms with Gasteiger partial charge in [-0.3, -0.25) is 0 Å². The number of nitrogens with zero attached hydrogens (tertiary/aromatic N) is 3. The molecule has 1 unspecified atom stereocenters. The molecule has 0 amide bonds. The fourth-order valence-corrected chi connectivity index (χ4v) is 1.90. The number of aryl methyl sites for hydroxylation is 1. The van der Waals surface area contributed by atoms with Crippen molar-refractivity contribution in [2.45, 2.75) is 38.6 Å². The SMILES string of the molecule is CC(CC1CC1)NCCc1nncn1C. The summed E-state index contributed by atoms with van der Waals surface area (Å²) in [4.78, 5) is 0. The van der Waals surface area contributed by atoms with Gasteiger partial charge in [-0.2, -0.15) is 0 Å². The van der Waals surface area contributed by atoms with Crippen molar-refractivity contribution in [3.8, 4) is 0 Å². The average molecular weight is 208 g/mol. The number of nitrogens with one attached hydrogen (secondary N) is 1. The first-order valence-electron chi connectivity index (χ1n) is 5.82. The smallest absolute Gasteiger partial charge is 0.133 e. The minimum absolute atomic E-state index is 0.644. The Labute approximate surface area is 91.1 Å². The van der Waals surface area contributed by atoms with Crippen LogP contribution in [-0.4, -0.2) is 27.4 Å². The molecule has 1 fully saturated rings. The zero-order valence-electron chi connectivity index (χ0n) is 9.61. The monoisotopic (exact) mass is 208 g/mol. The van der Waals surface area contributed by atoms with Crippen molar-refractivity contribution in [2.24, 2.45) is 13.0 Å². The molecule has 1 atom stereocenters. The summed E-state index contributed by atoms with van der Waals surface area (Å²) in [5, 5.41) is 11.5. The topological polar surface area (TPSA) is 42.7 Å². The van der Waals surface area contributed by atoms with Crippen LogP contribution in [0.1, 0.15) is 32.0 Å². The van der Waals surface area contributed by atoms with Gasteiger partial charge in [0.1, 0.15) is 12.2 Å². The van der Waals surface area contributed by atoms with Crippen LogP contribution in [0.4, 0.5) is 0 Å². The molecule has 1 aromatic rings. The Hall–Kier alpha value is -0.900. The highest BCUT2D eigenvalue weighted by Crippen LogP contribution is 2.33. The first-order chi connectivity index (χ1) is 7.25. The van der Waals surface area contributed by atoms with E-state index in [2.05, 4.69) is 22.4 Å². The third-order valence-electron chi connectivity index (χ3n) is 3.03. The van der Waals surface area contributed by atoms with Gasteiger partial charge in [-0.25, -0.2) is 0 Å². The van der Waals surface area contributed by atoms with Gasteiger partial charge in [-0.1, -0.05) is 12.8 Å². The van der Waals surface area contributed by atoms with Crippen molar-refractivity contribution in [2.75, 3.05) is 6.54 Å². The summed E-state index contributed by atoms with van der Waals surface area (Å²) in [6.07, 6.45) is 6.93. The van der Waals surface area contributed by atoms with E-state index in [1.165, 1.54) is 19.3 Å². The van der Waals surface area contributed by atoms with E-state index >= 15 is 0 Å². The van der Waals surface area contributed by atoms with Crippen LogP contribution >= 0.6 is 0 Å². The van der Waals surface area contributed by atoms with Gasteiger partial charge in [-0.15, -0.1) is 10.2 Å². The zero-order chi connectivity index (χ0) is 10.7. The molecular formula is C11H20N4. The molecule has 1 aliphatic carbocycles. The van der Waals surface area contributed by atoms with Crippen LogP contribution in [0.2, 0.25) is 0 Å². The Morgan fingerprint density at radius 3 is 3.00 bits per heavy atom. The number of hydrogen-bond acceptors (Lipinski definition) is 3. The van der Waals surface area contributed by atoms with Crippen LogP contribution < -0.4 is 5.32 Å². The standard InChI is InChI=1S/C11H20N4/c1-9(7-10-3-4-10)12-6-5-11-14-13-8-15(11)2/h8-10,12H,3-7H2,1-2H3. The van der Waals surface area contributed by atoms with Crippen LogP contribution in [-0.2, 0) is 13.5 Å². The second-order valence-electron chi connectivity index (χ2n) is 4.64. The van der Waals surface area contributed by atoms with Gasteiger partial charge >= 0.3 is 0 Å². The summed E-state index contributed by atoms with van der Waals surface area (Å²) in [5.41, 5.74) is 0. The molecule has 1 saturated carbocycles. The third-order valence-corrected chi connectivity index (χ3v) is 3.03. The molecule has 1 heterocycles. The Bertz CT molecular complexity index is 303. The van der Waals surface area contributed by atoms with Gasteiger partial charge in [0.15, 0.2) is 0 Å². The van der Waals surface area contributed by atoms with Crippen LogP contribution in [0.15, 0.2) is 6.33 Å². The van der Waals surface area contributed by atoms with Crippen LogP contribution in [0, 0.1) is 5.92 Å². The Balaban J connectivity index is 1.63. The molecule has 1 N–H and O–H groups in total. The molecule has 0 spiro atoms. The highest BCUT2D eigenvalue weighted by Gasteiger charge is 2.23. The maximum atomic E-state index is 4.06. The van der Waals surface area contributed by atoms with E-state index in [1.807, 2.05) is 11.6 Å². The lowest BCUT2D eigenvalue weighted by atomic mass is 10.1. The van der Waals surface area contributed by atoms with Crippen molar-refractivity contribution in [3.63, 3.8) is 0 Å². The van der Waals surface area contributed by atoms with Gasteiger partial charge in [0.25, 0.3) is 0 Å². The normalized spacial score (nSPS) is 18.0. The van der Waals surface area contributed by atoms with E-state index in [9.17, 15) is 0 Å². The van der Waals surface area contributed by atoms with Crippen molar-refractivity contribution in [1.29, 1.82) is 0 Å². The first kappa shape index (κ1) is 10.6. The lowest BCUT2D eigenvalue weighted by molar-refractivity contribution is 0.486. The second-order valence-corrected chi connectivity index (χ2v) is 4.64. The van der Waals surface area contributed by atoms with Crippen LogP contribution in [0.5, 0.6) is 0 Å². The molecule has 84 valence electrons. The van der Waals surface area contributed by atoms with E-state index in [1.54, 1.807) is 6.33 Å². The maximum absolute atomic E-state index is 4.06. The van der Waals surface area contributed by atoms with E-state index in [4.69, 9.17) is 0 Å². The van der Waals surface area contributed by atoms with Crippen molar-refractivity contribution in [1.82, 2.24) is 20.1 Å². The summed E-state index contributed by atoms with van der Waals surface area (Å²) < 4.78 is 1.98. The average Bonchev–Trinajstić information content (AvgIpc) is 2.91.